The zero-order chi connectivity index (χ0) is 14.9. The highest BCUT2D eigenvalue weighted by Gasteiger charge is 2.19. The molecule has 1 N–H and O–H groups in total. The molecule has 0 amide bonds. The van der Waals surface area contributed by atoms with Gasteiger partial charge in [-0.15, -0.1) is 0 Å². The molecule has 0 aliphatic rings. The fourth-order valence-electron chi connectivity index (χ4n) is 2.11. The highest BCUT2D eigenvalue weighted by Crippen LogP contribution is 2.34. The van der Waals surface area contributed by atoms with Crippen LogP contribution >= 0.6 is 27.5 Å². The first-order valence-corrected chi connectivity index (χ1v) is 7.19. The van der Waals surface area contributed by atoms with Gasteiger partial charge in [0.1, 0.15) is 11.6 Å². The zero-order valence-corrected chi connectivity index (χ0v) is 13.3. The van der Waals surface area contributed by atoms with E-state index in [0.717, 1.165) is 11.1 Å². The summed E-state index contributed by atoms with van der Waals surface area (Å²) in [6.07, 6.45) is 0. The van der Waals surface area contributed by atoms with Gasteiger partial charge in [0, 0.05) is 9.50 Å². The van der Waals surface area contributed by atoms with Gasteiger partial charge in [0.05, 0.1) is 6.04 Å². The Morgan fingerprint density at radius 2 is 1.85 bits per heavy atom. The molecule has 2 aromatic rings. The predicted octanol–water partition coefficient (Wildman–Crippen LogP) is 5.00. The average molecular weight is 361 g/mol. The van der Waals surface area contributed by atoms with Gasteiger partial charge in [-0.2, -0.15) is 0 Å². The summed E-state index contributed by atoms with van der Waals surface area (Å²) in [6.45, 7) is 1.68. The number of hydrogen-bond donors (Lipinski definition) is 1. The van der Waals surface area contributed by atoms with Crippen molar-refractivity contribution in [2.24, 2.45) is 0 Å². The van der Waals surface area contributed by atoms with Crippen LogP contribution in [0.25, 0.3) is 0 Å². The summed E-state index contributed by atoms with van der Waals surface area (Å²) < 4.78 is 27.3. The molecule has 106 valence electrons. The number of aryl methyl sites for hydroxylation is 1. The van der Waals surface area contributed by atoms with Crippen LogP contribution in [0, 0.1) is 18.6 Å². The molecule has 0 aromatic heterocycles. The van der Waals surface area contributed by atoms with Crippen molar-refractivity contribution >= 4 is 27.5 Å². The first-order chi connectivity index (χ1) is 9.43. The molecule has 0 saturated heterocycles. The van der Waals surface area contributed by atoms with Crippen LogP contribution in [-0.2, 0) is 0 Å². The van der Waals surface area contributed by atoms with Gasteiger partial charge in [-0.25, -0.2) is 8.78 Å². The molecule has 1 unspecified atom stereocenters. The maximum Gasteiger partial charge on any atom is 0.127 e. The minimum atomic E-state index is -0.341. The third kappa shape index (κ3) is 3.03. The van der Waals surface area contributed by atoms with Crippen molar-refractivity contribution in [2.75, 3.05) is 7.05 Å². The lowest BCUT2D eigenvalue weighted by Crippen LogP contribution is -2.19. The van der Waals surface area contributed by atoms with E-state index < -0.39 is 0 Å². The summed E-state index contributed by atoms with van der Waals surface area (Å²) in [7, 11) is 1.77. The van der Waals surface area contributed by atoms with E-state index >= 15 is 0 Å². The van der Waals surface area contributed by atoms with Crippen LogP contribution in [0.2, 0.25) is 5.02 Å². The number of benzene rings is 2. The Kier molecular flexibility index (Phi) is 4.78. The highest BCUT2D eigenvalue weighted by molar-refractivity contribution is 9.10. The first kappa shape index (κ1) is 15.4. The Morgan fingerprint density at radius 3 is 2.45 bits per heavy atom. The number of halogens is 4. The lowest BCUT2D eigenvalue weighted by Gasteiger charge is -2.20. The molecule has 2 aromatic carbocycles. The van der Waals surface area contributed by atoms with E-state index in [4.69, 9.17) is 11.6 Å². The number of hydrogen-bond acceptors (Lipinski definition) is 1. The Morgan fingerprint density at radius 1 is 1.15 bits per heavy atom. The van der Waals surface area contributed by atoms with Crippen molar-refractivity contribution < 1.29 is 8.78 Å². The van der Waals surface area contributed by atoms with E-state index in [1.54, 1.807) is 26.1 Å². The van der Waals surface area contributed by atoms with E-state index in [-0.39, 0.29) is 17.7 Å². The smallest absolute Gasteiger partial charge is 0.127 e. The molecular formula is C15H13BrClF2N. The Bertz CT molecular complexity index is 646. The zero-order valence-electron chi connectivity index (χ0n) is 11.0. The fraction of sp³-hybridized carbons (Fsp3) is 0.200. The Hall–Kier alpha value is -0.970. The molecule has 0 saturated carbocycles. The highest BCUT2D eigenvalue weighted by atomic mass is 79.9. The molecule has 0 aliphatic carbocycles. The van der Waals surface area contributed by atoms with E-state index in [9.17, 15) is 8.78 Å². The van der Waals surface area contributed by atoms with Crippen LogP contribution in [-0.4, -0.2) is 7.05 Å². The lowest BCUT2D eigenvalue weighted by atomic mass is 9.97. The van der Waals surface area contributed by atoms with Crippen LogP contribution in [0.5, 0.6) is 0 Å². The quantitative estimate of drug-likeness (QED) is 0.812. The third-order valence-corrected chi connectivity index (χ3v) is 4.17. The Balaban J connectivity index is 2.55. The SMILES string of the molecule is CNC(c1cc(C)c(F)cc1Cl)c1ccc(F)cc1Br. The van der Waals surface area contributed by atoms with E-state index in [1.165, 1.54) is 18.2 Å². The fourth-order valence-corrected chi connectivity index (χ4v) is 2.95. The van der Waals surface area contributed by atoms with Crippen LogP contribution in [0.3, 0.4) is 0 Å². The lowest BCUT2D eigenvalue weighted by molar-refractivity contribution is 0.612. The van der Waals surface area contributed by atoms with Crippen LogP contribution < -0.4 is 5.32 Å². The van der Waals surface area contributed by atoms with Gasteiger partial charge in [-0.3, -0.25) is 0 Å². The van der Waals surface area contributed by atoms with Gasteiger partial charge in [-0.1, -0.05) is 33.6 Å². The average Bonchev–Trinajstić information content (AvgIpc) is 2.38. The second-order valence-corrected chi connectivity index (χ2v) is 5.77. The molecule has 1 atom stereocenters. The monoisotopic (exact) mass is 359 g/mol. The second kappa shape index (κ2) is 6.20. The first-order valence-electron chi connectivity index (χ1n) is 6.01. The molecule has 0 bridgehead atoms. The van der Waals surface area contributed by atoms with Gasteiger partial charge in [0.15, 0.2) is 0 Å². The van der Waals surface area contributed by atoms with Crippen LogP contribution in [0.15, 0.2) is 34.8 Å². The topological polar surface area (TPSA) is 12.0 Å². The van der Waals surface area contributed by atoms with Gasteiger partial charge >= 0.3 is 0 Å². The maximum atomic E-state index is 13.5. The molecular weight excluding hydrogens is 348 g/mol. The molecule has 0 radical (unpaired) electrons. The minimum absolute atomic E-state index is 0.253. The van der Waals surface area contributed by atoms with Gasteiger partial charge in [0.25, 0.3) is 0 Å². The summed E-state index contributed by atoms with van der Waals surface area (Å²) in [5, 5.41) is 3.46. The maximum absolute atomic E-state index is 13.5. The summed E-state index contributed by atoms with van der Waals surface area (Å²) in [5.41, 5.74) is 2.10. The minimum Gasteiger partial charge on any atom is -0.309 e. The summed E-state index contributed by atoms with van der Waals surface area (Å²) >= 11 is 9.49. The molecule has 0 heterocycles. The van der Waals surface area contributed by atoms with Gasteiger partial charge in [-0.05, 0) is 54.9 Å². The second-order valence-electron chi connectivity index (χ2n) is 4.51. The molecule has 2 rings (SSSR count). The van der Waals surface area contributed by atoms with Crippen molar-refractivity contribution in [1.82, 2.24) is 5.32 Å². The summed E-state index contributed by atoms with van der Waals surface area (Å²) in [5.74, 6) is -0.663. The van der Waals surface area contributed by atoms with Crippen molar-refractivity contribution in [2.45, 2.75) is 13.0 Å². The van der Waals surface area contributed by atoms with Crippen molar-refractivity contribution in [3.8, 4) is 0 Å². The molecule has 20 heavy (non-hydrogen) atoms. The molecule has 1 nitrogen and oxygen atoms in total. The molecule has 5 heteroatoms. The standard InChI is InChI=1S/C15H13BrClF2N/c1-8-5-11(13(17)7-14(8)19)15(20-2)10-4-3-9(18)6-12(10)16/h3-7,15,20H,1-2H3. The van der Waals surface area contributed by atoms with Crippen molar-refractivity contribution in [3.63, 3.8) is 0 Å². The summed E-state index contributed by atoms with van der Waals surface area (Å²) in [6, 6.07) is 7.20. The predicted molar refractivity (Wildman–Crippen MR) is 81.1 cm³/mol. The third-order valence-electron chi connectivity index (χ3n) is 3.15. The normalized spacial score (nSPS) is 12.5. The van der Waals surface area contributed by atoms with Gasteiger partial charge in [0.2, 0.25) is 0 Å². The van der Waals surface area contributed by atoms with Crippen molar-refractivity contribution in [3.05, 3.63) is 68.2 Å². The van der Waals surface area contributed by atoms with Crippen molar-refractivity contribution in [1.29, 1.82) is 0 Å². The number of rotatable bonds is 3. The molecule has 0 spiro atoms. The molecule has 0 aliphatic heterocycles. The number of nitrogens with one attached hydrogen (secondary N) is 1. The van der Waals surface area contributed by atoms with Crippen LogP contribution in [0.4, 0.5) is 8.78 Å². The van der Waals surface area contributed by atoms with E-state index in [0.29, 0.717) is 15.1 Å². The van der Waals surface area contributed by atoms with E-state index in [2.05, 4.69) is 21.2 Å². The Labute approximate surface area is 130 Å². The largest absolute Gasteiger partial charge is 0.309 e. The van der Waals surface area contributed by atoms with Gasteiger partial charge < -0.3 is 5.32 Å². The van der Waals surface area contributed by atoms with E-state index in [1.807, 2.05) is 0 Å². The summed E-state index contributed by atoms with van der Waals surface area (Å²) in [4.78, 5) is 0. The van der Waals surface area contributed by atoms with Crippen LogP contribution in [0.1, 0.15) is 22.7 Å². The molecule has 0 fully saturated rings.